The van der Waals surface area contributed by atoms with Gasteiger partial charge in [-0.2, -0.15) is 0 Å². The van der Waals surface area contributed by atoms with Gasteiger partial charge in [0.15, 0.2) is 12.6 Å². The van der Waals surface area contributed by atoms with Gasteiger partial charge in [-0.25, -0.2) is 4.31 Å². The molecule has 0 aromatic heterocycles. The van der Waals surface area contributed by atoms with Crippen molar-refractivity contribution < 1.29 is 76.8 Å². The Morgan fingerprint density at radius 3 is 1.10 bits per heavy atom. The first kappa shape index (κ1) is 80.6. The number of carbonyl (C=O) groups excluding carboxylic acids is 1. The Balaban J connectivity index is 1.67. The van der Waals surface area contributed by atoms with Crippen LogP contribution in [0.1, 0.15) is 225 Å². The van der Waals surface area contributed by atoms with Crippen molar-refractivity contribution in [1.29, 1.82) is 0 Å². The van der Waals surface area contributed by atoms with Gasteiger partial charge < -0.3 is 59.4 Å². The first-order valence-corrected chi connectivity index (χ1v) is 34.8. The van der Waals surface area contributed by atoms with Gasteiger partial charge in [0.2, 0.25) is 5.91 Å². The van der Waals surface area contributed by atoms with Crippen LogP contribution in [-0.2, 0) is 41.5 Å². The fourth-order valence-electron chi connectivity index (χ4n) is 10.1. The Kier molecular flexibility index (Phi) is 39.8. The highest BCUT2D eigenvalue weighted by Gasteiger charge is 2.51. The van der Waals surface area contributed by atoms with E-state index >= 15 is 0 Å². The van der Waals surface area contributed by atoms with Crippen LogP contribution < -0.4 is 15.1 Å². The molecule has 2 heterocycles. The molecule has 2 fully saturated rings. The van der Waals surface area contributed by atoms with Crippen molar-refractivity contribution in [3.8, 4) is 0 Å². The minimum atomic E-state index is -5.88. The second-order valence-electron chi connectivity index (χ2n) is 24.8. The average Bonchev–Trinajstić information content (AvgIpc) is 1.17. The number of amides is 1. The molecule has 2 aliphatic heterocycles. The van der Waals surface area contributed by atoms with E-state index in [0.717, 1.165) is 128 Å². The first-order valence-electron chi connectivity index (χ1n) is 31.8. The highest BCUT2D eigenvalue weighted by molar-refractivity contribution is 7.59. The molecule has 0 spiro atoms. The normalized spacial score (nSPS) is 25.8. The van der Waals surface area contributed by atoms with Crippen LogP contribution in [0.25, 0.3) is 0 Å². The van der Waals surface area contributed by atoms with Crippen molar-refractivity contribution in [3.63, 3.8) is 0 Å². The van der Waals surface area contributed by atoms with Gasteiger partial charge in [0.1, 0.15) is 42.7 Å². The Morgan fingerprint density at radius 1 is 0.455 bits per heavy atom. The number of phosphoric acid groups is 2. The van der Waals surface area contributed by atoms with Crippen LogP contribution in [0.15, 0.2) is 128 Å². The summed E-state index contributed by atoms with van der Waals surface area (Å²) in [5, 5.41) is 54.1. The van der Waals surface area contributed by atoms with Gasteiger partial charge in [-0.15, -0.1) is 0 Å². The maximum atomic E-state index is 12.9. The largest absolute Gasteiger partial charge is 0.756 e. The third kappa shape index (κ3) is 35.4. The maximum Gasteiger partial charge on any atom is 0.276 e. The molecule has 12 atom stereocenters. The smallest absolute Gasteiger partial charge is 0.276 e. The van der Waals surface area contributed by atoms with Crippen LogP contribution in [-0.4, -0.2) is 106 Å². The lowest BCUT2D eigenvalue weighted by molar-refractivity contribution is -0.343. The lowest BCUT2D eigenvalue weighted by Gasteiger charge is -2.47. The van der Waals surface area contributed by atoms with Crippen LogP contribution in [0.3, 0.4) is 0 Å². The molecule has 3 unspecified atom stereocenters. The number of aliphatic hydroxyl groups is 5. The van der Waals surface area contributed by atoms with E-state index in [2.05, 4.69) is 147 Å². The minimum absolute atomic E-state index is 0.546. The van der Waals surface area contributed by atoms with Crippen molar-refractivity contribution in [2.24, 2.45) is 0 Å². The topological polar surface area (TPSA) is 266 Å². The molecule has 2 aliphatic rings. The minimum Gasteiger partial charge on any atom is -0.756 e. The van der Waals surface area contributed by atoms with Gasteiger partial charge in [-0.1, -0.05) is 128 Å². The third-order valence-electron chi connectivity index (χ3n) is 15.8. The Labute approximate surface area is 529 Å². The van der Waals surface area contributed by atoms with Crippen LogP contribution in [0.2, 0.25) is 0 Å². The molecule has 6 N–H and O–H groups in total. The molecule has 0 aromatic carbocycles. The lowest BCUT2D eigenvalue weighted by Crippen LogP contribution is -2.67. The maximum absolute atomic E-state index is 12.9. The number of ether oxygens (including phenoxy) is 3. The summed E-state index contributed by atoms with van der Waals surface area (Å²) in [6.07, 6.45) is 30.8. The van der Waals surface area contributed by atoms with E-state index in [0.29, 0.717) is 12.8 Å². The summed E-state index contributed by atoms with van der Waals surface area (Å²) in [6.45, 7) is 27.1. The molecule has 0 bridgehead atoms. The summed E-state index contributed by atoms with van der Waals surface area (Å²) in [6, 6.07) is -1.78. The molecule has 502 valence electrons. The van der Waals surface area contributed by atoms with Gasteiger partial charge >= 0.3 is 0 Å². The van der Waals surface area contributed by atoms with E-state index in [9.17, 15) is 49.2 Å². The number of hydrogen-bond acceptors (Lipinski definition) is 16. The molecule has 2 saturated heterocycles. The fourth-order valence-corrected chi connectivity index (χ4v) is 12.1. The standard InChI is InChI=1S/C69H115NO16P2/c1-48(2)25-15-26-49(3)27-16-28-50(4)29-17-30-51(5)31-18-32-52(6)33-19-34-53(7)35-20-36-54(8)37-21-38-55(9)39-22-40-56(10)41-23-42-57(11)43-24-44-58(12)45-46-81-87(77,78)86-88(79,80)85-68-62(70-60(14)72)64(74)67(61(47-71)83-68)84-69-66(76)65(75)63(73)59(13)82-69/h25,27,29,31,33,35,37,39,41,43,45,59,61-69,71,73-76H,15-24,26,28,30,32,34,36,38,40,42,44,46-47H2,1-14H3,(H,70,72)(H,77,78)(H,79,80)/p-2/b49-27+,50-29+,51-31-,52-33-,53-35-,54-37-,55-39-,56-41-,57-43-,58-45-/t59-,61-,62-,63-,64-,65+,66+,67-,68?,69-/m1/s1. The molecule has 0 aliphatic carbocycles. The third-order valence-corrected chi connectivity index (χ3v) is 18.3. The van der Waals surface area contributed by atoms with Crippen LogP contribution >= 0.6 is 15.6 Å². The Bertz CT molecular complexity index is 2570. The van der Waals surface area contributed by atoms with Crippen molar-refractivity contribution in [3.05, 3.63) is 128 Å². The van der Waals surface area contributed by atoms with Crippen molar-refractivity contribution >= 4 is 21.6 Å². The van der Waals surface area contributed by atoms with E-state index in [1.165, 1.54) is 68.7 Å². The molecule has 19 heteroatoms. The molecule has 0 aromatic rings. The zero-order chi connectivity index (χ0) is 66.0. The summed E-state index contributed by atoms with van der Waals surface area (Å²) < 4.78 is 55.9. The molecule has 1 amide bonds. The first-order chi connectivity index (χ1) is 41.4. The lowest BCUT2D eigenvalue weighted by atomic mass is 9.95. The molecular formula is C69H113NO16P2-2. The van der Waals surface area contributed by atoms with E-state index in [1.807, 2.05) is 0 Å². The summed E-state index contributed by atoms with van der Waals surface area (Å²) in [7, 11) is -11.5. The van der Waals surface area contributed by atoms with E-state index in [-0.39, 0.29) is 0 Å². The fraction of sp³-hybridized carbons (Fsp3) is 0.667. The van der Waals surface area contributed by atoms with Gasteiger partial charge in [0.05, 0.1) is 19.3 Å². The Hall–Kier alpha value is -3.45. The second kappa shape index (κ2) is 43.4. The van der Waals surface area contributed by atoms with E-state index in [1.54, 1.807) is 6.92 Å². The number of phosphoric ester groups is 2. The number of carbonyl (C=O) groups is 1. The van der Waals surface area contributed by atoms with Gasteiger partial charge in [-0.3, -0.25) is 18.4 Å². The van der Waals surface area contributed by atoms with Gasteiger partial charge in [0.25, 0.3) is 15.6 Å². The predicted octanol–water partition coefficient (Wildman–Crippen LogP) is 14.0. The van der Waals surface area contributed by atoms with Gasteiger partial charge in [-0.05, 0) is 218 Å². The van der Waals surface area contributed by atoms with Crippen LogP contribution in [0, 0.1) is 0 Å². The number of allylic oxidation sites excluding steroid dienone is 21. The SMILES string of the molecule is CC(=O)N[C@H]1C(OP(=O)([O-])OP(=O)([O-])OC/C=C(/C)CC/C=C(/C)CC/C=C(/C)CC/C=C(/C)CC/C=C(/C)CC/C=C(/C)CC/C=C(/C)CC/C=C(/C)CC/C=C(\C)CC/C=C(\C)CCC=C(C)C)O[C@H](CO)[C@@H](O[C@H]2O[C@H](C)[C@@H](O)[C@H](O)[C@@H]2O)[C@@H]1O. The number of nitrogens with one attached hydrogen (secondary N) is 1. The molecule has 2 rings (SSSR count). The van der Waals surface area contributed by atoms with E-state index in [4.69, 9.17) is 23.3 Å². The number of rotatable bonds is 41. The highest BCUT2D eigenvalue weighted by Crippen LogP contribution is 2.57. The molecule has 0 radical (unpaired) electrons. The van der Waals surface area contributed by atoms with Crippen molar-refractivity contribution in [2.45, 2.75) is 287 Å². The second-order valence-corrected chi connectivity index (χ2v) is 27.7. The molecule has 17 nitrogen and oxygen atoms in total. The Morgan fingerprint density at radius 2 is 0.784 bits per heavy atom. The van der Waals surface area contributed by atoms with E-state index < -0.39 is 96.1 Å². The summed E-state index contributed by atoms with van der Waals surface area (Å²) in [5.74, 6) is -0.812. The number of hydrogen-bond donors (Lipinski definition) is 6. The average molecular weight is 1270 g/mol. The van der Waals surface area contributed by atoms with Crippen molar-refractivity contribution in [1.82, 2.24) is 5.32 Å². The zero-order valence-corrected chi connectivity index (χ0v) is 57.6. The van der Waals surface area contributed by atoms with Crippen LogP contribution in [0.5, 0.6) is 0 Å². The quantitative estimate of drug-likeness (QED) is 0.0245. The summed E-state index contributed by atoms with van der Waals surface area (Å²) in [4.78, 5) is 37.6. The number of aliphatic hydroxyl groups excluding tert-OH is 5. The monoisotopic (exact) mass is 1270 g/mol. The predicted molar refractivity (Wildman–Crippen MR) is 349 cm³/mol. The van der Waals surface area contributed by atoms with Crippen LogP contribution in [0.4, 0.5) is 0 Å². The van der Waals surface area contributed by atoms with Gasteiger partial charge in [0, 0.05) is 6.92 Å². The molecule has 0 saturated carbocycles. The summed E-state index contributed by atoms with van der Waals surface area (Å²) >= 11 is 0. The highest BCUT2D eigenvalue weighted by atomic mass is 31.3. The van der Waals surface area contributed by atoms with Crippen molar-refractivity contribution in [2.75, 3.05) is 13.2 Å². The zero-order valence-electron chi connectivity index (χ0n) is 55.8. The molecule has 88 heavy (non-hydrogen) atoms. The molecular weight excluding hydrogens is 1160 g/mol. The summed E-state index contributed by atoms with van der Waals surface area (Å²) in [5.41, 5.74) is 15.1.